The Hall–Kier alpha value is -13.0. The third-order valence-corrected chi connectivity index (χ3v) is 22.8. The number of benzene rings is 18. The van der Waals surface area contributed by atoms with E-state index in [-0.39, 0.29) is 6.17 Å². The van der Waals surface area contributed by atoms with Gasteiger partial charge in [-0.05, 0) is 243 Å². The van der Waals surface area contributed by atoms with Crippen LogP contribution in [-0.4, -0.2) is 4.98 Å². The Morgan fingerprint density at radius 2 is 0.647 bits per heavy atom. The van der Waals surface area contributed by atoms with Crippen LogP contribution in [-0.2, 0) is 0 Å². The Bertz CT molecular complexity index is 6870. The van der Waals surface area contributed by atoms with E-state index in [1.807, 2.05) is 17.5 Å². The maximum absolute atomic E-state index is 5.31. The Balaban J connectivity index is 0.727. The van der Waals surface area contributed by atoms with Crippen LogP contribution in [0.3, 0.4) is 0 Å². The van der Waals surface area contributed by atoms with Gasteiger partial charge in [0.2, 0.25) is 0 Å². The van der Waals surface area contributed by atoms with E-state index in [0.29, 0.717) is 0 Å². The van der Waals surface area contributed by atoms with Crippen molar-refractivity contribution in [2.24, 2.45) is 0 Å². The summed E-state index contributed by atoms with van der Waals surface area (Å²) in [5.41, 5.74) is 21.1. The van der Waals surface area contributed by atoms with Crippen molar-refractivity contribution in [1.29, 1.82) is 0 Å². The number of hydrogen-bond acceptors (Lipinski definition) is 4. The van der Waals surface area contributed by atoms with Crippen molar-refractivity contribution in [1.82, 2.24) is 4.98 Å². The number of thiophene rings is 1. The van der Waals surface area contributed by atoms with Crippen molar-refractivity contribution in [2.45, 2.75) is 6.17 Å². The van der Waals surface area contributed by atoms with Crippen LogP contribution in [0.1, 0.15) is 11.7 Å². The SMILES string of the molecule is c1ccc(N2c3ccccc3NC2c2ccc(-c3ccc4c(-c5ccc6ccccc6c5)c5cc(-c6ccc7sc8c(-c9ccc%10c(-c%11ccc%12ccccc%12c%11)c%11ccccc%11c(-c%11ccc%12ccccc%12c%11)c%10c9)nccc8c7c6)ccc5c(-c5ccc6ccccc6c5)c4c3)cc2)cc1. The second kappa shape index (κ2) is 23.3. The summed E-state index contributed by atoms with van der Waals surface area (Å²) in [6.45, 7) is 0. The molecule has 20 aromatic rings. The first-order valence-electron chi connectivity index (χ1n) is 35.1. The van der Waals surface area contributed by atoms with E-state index in [2.05, 4.69) is 362 Å². The van der Waals surface area contributed by atoms with Gasteiger partial charge in [-0.3, -0.25) is 4.98 Å². The van der Waals surface area contributed by atoms with Gasteiger partial charge < -0.3 is 10.2 Å². The van der Waals surface area contributed by atoms with Crippen LogP contribution < -0.4 is 10.2 Å². The lowest BCUT2D eigenvalue weighted by Crippen LogP contribution is -2.23. The Morgan fingerprint density at radius 1 is 0.265 bits per heavy atom. The van der Waals surface area contributed by atoms with E-state index in [0.717, 1.165) is 33.8 Å². The van der Waals surface area contributed by atoms with Crippen molar-refractivity contribution < 1.29 is 0 Å². The molecule has 0 bridgehead atoms. The fourth-order valence-electron chi connectivity index (χ4n) is 16.7. The molecular weight excluding hydrogens is 1250 g/mol. The molecule has 1 atom stereocenters. The Labute approximate surface area is 593 Å². The topological polar surface area (TPSA) is 28.2 Å². The molecule has 18 aromatic carbocycles. The summed E-state index contributed by atoms with van der Waals surface area (Å²) >= 11 is 1.84. The number of fused-ring (bicyclic) bond motifs is 12. The maximum atomic E-state index is 5.31. The summed E-state index contributed by atoms with van der Waals surface area (Å²) in [5, 5.41) is 25.8. The van der Waals surface area contributed by atoms with E-state index in [1.54, 1.807) is 0 Å². The molecule has 0 radical (unpaired) electrons. The lowest BCUT2D eigenvalue weighted by atomic mass is 9.83. The van der Waals surface area contributed by atoms with Crippen LogP contribution in [0.2, 0.25) is 0 Å². The lowest BCUT2D eigenvalue weighted by Gasteiger charge is -2.27. The van der Waals surface area contributed by atoms with E-state index in [4.69, 9.17) is 4.98 Å². The van der Waals surface area contributed by atoms with Crippen molar-refractivity contribution in [2.75, 3.05) is 10.2 Å². The average molecular weight is 1310 g/mol. The molecule has 0 saturated carbocycles. The second-order valence-electron chi connectivity index (χ2n) is 27.3. The molecule has 21 rings (SSSR count). The summed E-state index contributed by atoms with van der Waals surface area (Å²) in [4.78, 5) is 7.72. The van der Waals surface area contributed by atoms with Gasteiger partial charge in [-0.15, -0.1) is 11.3 Å². The Kier molecular flexibility index (Phi) is 13.3. The van der Waals surface area contributed by atoms with Crippen molar-refractivity contribution >= 4 is 135 Å². The largest absolute Gasteiger partial charge is 0.359 e. The van der Waals surface area contributed by atoms with Gasteiger partial charge in [0.05, 0.1) is 21.8 Å². The van der Waals surface area contributed by atoms with Crippen LogP contribution in [0.4, 0.5) is 17.1 Å². The Morgan fingerprint density at radius 3 is 1.17 bits per heavy atom. The van der Waals surface area contributed by atoms with Gasteiger partial charge in [0.25, 0.3) is 0 Å². The summed E-state index contributed by atoms with van der Waals surface area (Å²) in [6.07, 6.45) is 1.95. The number of aromatic nitrogens is 1. The van der Waals surface area contributed by atoms with Crippen molar-refractivity contribution in [3.05, 3.63) is 364 Å². The molecule has 0 spiro atoms. The number of hydrogen-bond donors (Lipinski definition) is 1. The fraction of sp³-hybridized carbons (Fsp3) is 0.0102. The highest BCUT2D eigenvalue weighted by Crippen LogP contribution is 2.52. The first-order chi connectivity index (χ1) is 50.5. The molecule has 0 fully saturated rings. The highest BCUT2D eigenvalue weighted by atomic mass is 32.1. The van der Waals surface area contributed by atoms with Crippen LogP contribution in [0.25, 0.3) is 184 Å². The zero-order chi connectivity index (χ0) is 66.9. The van der Waals surface area contributed by atoms with Gasteiger partial charge in [-0.2, -0.15) is 0 Å². The van der Waals surface area contributed by atoms with E-state index < -0.39 is 0 Å². The molecule has 0 amide bonds. The molecule has 3 nitrogen and oxygen atoms in total. The first kappa shape index (κ1) is 58.0. The van der Waals surface area contributed by atoms with E-state index in [9.17, 15) is 0 Å². The summed E-state index contributed by atoms with van der Waals surface area (Å²) in [6, 6.07) is 131. The standard InChI is InChI=1S/C98H61N3S/c1-2-24-78(25-3-1)101-90-29-15-14-28-89(90)100-98(101)65-36-30-64(31-37-65)70-42-46-82-86(57-70)94(75-40-34-62-18-6-10-22-68(62)54-75)83-47-43-71(58-87(83)95(82)76-41-35-63-19-7-11-23-69(63)55-76)72-45-49-91-85(56-72)84-50-51-99-96(97(84)102-91)77-44-48-81-88(59-77)93(74-39-33-61-17-5-9-21-67(61)53-74)80-27-13-12-26-79(80)92(81)73-38-32-60-16-4-8-20-66(60)52-73/h1-59,98,100H. The van der Waals surface area contributed by atoms with E-state index in [1.165, 1.54) is 173 Å². The molecular formula is C98H61N3S. The molecule has 1 N–H and O–H groups in total. The highest BCUT2D eigenvalue weighted by molar-refractivity contribution is 7.26. The van der Waals surface area contributed by atoms with Crippen LogP contribution >= 0.6 is 11.3 Å². The number of pyridine rings is 1. The summed E-state index contributed by atoms with van der Waals surface area (Å²) < 4.78 is 2.41. The third kappa shape index (κ3) is 9.45. The minimum Gasteiger partial charge on any atom is -0.359 e. The van der Waals surface area contributed by atoms with Gasteiger partial charge in [0.15, 0.2) is 0 Å². The molecule has 102 heavy (non-hydrogen) atoms. The third-order valence-electron chi connectivity index (χ3n) is 21.6. The number of anilines is 3. The predicted octanol–water partition coefficient (Wildman–Crippen LogP) is 27.6. The zero-order valence-corrected chi connectivity index (χ0v) is 56.3. The monoisotopic (exact) mass is 1310 g/mol. The number of rotatable bonds is 9. The van der Waals surface area contributed by atoms with Gasteiger partial charge >= 0.3 is 0 Å². The smallest absolute Gasteiger partial charge is 0.130 e. The van der Waals surface area contributed by atoms with E-state index >= 15 is 0 Å². The number of nitrogens with zero attached hydrogens (tertiary/aromatic N) is 2. The minimum atomic E-state index is -0.0649. The van der Waals surface area contributed by atoms with Crippen LogP contribution in [0.15, 0.2) is 358 Å². The van der Waals surface area contributed by atoms with Gasteiger partial charge in [0, 0.05) is 32.9 Å². The number of nitrogens with one attached hydrogen (secondary N) is 1. The van der Waals surface area contributed by atoms with Gasteiger partial charge in [-0.25, -0.2) is 0 Å². The maximum Gasteiger partial charge on any atom is 0.130 e. The van der Waals surface area contributed by atoms with Gasteiger partial charge in [0.1, 0.15) is 6.17 Å². The molecule has 3 heterocycles. The normalized spacial score (nSPS) is 13.1. The molecule has 1 aliphatic rings. The zero-order valence-electron chi connectivity index (χ0n) is 55.4. The highest BCUT2D eigenvalue weighted by Gasteiger charge is 2.31. The van der Waals surface area contributed by atoms with Crippen molar-refractivity contribution in [3.8, 4) is 78.0 Å². The predicted molar refractivity (Wildman–Crippen MR) is 437 cm³/mol. The lowest BCUT2D eigenvalue weighted by molar-refractivity contribution is 0.828. The van der Waals surface area contributed by atoms with Crippen LogP contribution in [0.5, 0.6) is 0 Å². The molecule has 4 heteroatoms. The fourth-order valence-corrected chi connectivity index (χ4v) is 17.9. The second-order valence-corrected chi connectivity index (χ2v) is 28.4. The van der Waals surface area contributed by atoms with Crippen LogP contribution in [0, 0.1) is 0 Å². The number of para-hydroxylation sites is 3. The van der Waals surface area contributed by atoms with Gasteiger partial charge in [-0.1, -0.05) is 267 Å². The average Bonchev–Trinajstić information content (AvgIpc) is 0.935. The first-order valence-corrected chi connectivity index (χ1v) is 36.0. The molecule has 1 aliphatic heterocycles. The molecule has 0 aliphatic carbocycles. The molecule has 1 unspecified atom stereocenters. The molecule has 2 aromatic heterocycles. The molecule has 474 valence electrons. The van der Waals surface area contributed by atoms with Crippen molar-refractivity contribution in [3.63, 3.8) is 0 Å². The quantitative estimate of drug-likeness (QED) is 0.146. The summed E-state index contributed by atoms with van der Waals surface area (Å²) in [5.74, 6) is 0. The summed E-state index contributed by atoms with van der Waals surface area (Å²) in [7, 11) is 0. The minimum absolute atomic E-state index is 0.0649. The molecule has 0 saturated heterocycles.